The van der Waals surface area contributed by atoms with Crippen molar-refractivity contribution in [1.82, 2.24) is 10.7 Å². The first kappa shape index (κ1) is 18.8. The van der Waals surface area contributed by atoms with E-state index in [2.05, 4.69) is 15.8 Å². The summed E-state index contributed by atoms with van der Waals surface area (Å²) in [6.07, 6.45) is 8.20. The van der Waals surface area contributed by atoms with E-state index >= 15 is 0 Å². The quantitative estimate of drug-likeness (QED) is 0.575. The highest BCUT2D eigenvalue weighted by Crippen LogP contribution is 2.60. The van der Waals surface area contributed by atoms with Crippen molar-refractivity contribution in [2.75, 3.05) is 6.54 Å². The predicted molar refractivity (Wildman–Crippen MR) is 106 cm³/mol. The van der Waals surface area contributed by atoms with Gasteiger partial charge in [0.05, 0.1) is 22.8 Å². The standard InChI is InChI=1S/C20H23Cl2N3O2/c21-16-2-1-3-17(22)15(16)10-24-25-18(26)11-23-19(27)20-7-12-4-13(8-20)6-14(5-12)9-20/h1-3,10,12-14H,4-9,11H2,(H,23,27)(H,25,26)/b24-10+. The van der Waals surface area contributed by atoms with Crippen LogP contribution >= 0.6 is 23.2 Å². The Morgan fingerprint density at radius 3 is 2.19 bits per heavy atom. The summed E-state index contributed by atoms with van der Waals surface area (Å²) in [4.78, 5) is 24.9. The Morgan fingerprint density at radius 2 is 1.63 bits per heavy atom. The molecule has 2 amide bonds. The number of hydrogen-bond acceptors (Lipinski definition) is 3. The first-order valence-corrected chi connectivity index (χ1v) is 10.2. The van der Waals surface area contributed by atoms with E-state index in [1.165, 1.54) is 25.5 Å². The summed E-state index contributed by atoms with van der Waals surface area (Å²) >= 11 is 12.1. The monoisotopic (exact) mass is 407 g/mol. The Kier molecular flexibility index (Phi) is 5.17. The van der Waals surface area contributed by atoms with Crippen LogP contribution in [0, 0.1) is 23.2 Å². The van der Waals surface area contributed by atoms with Gasteiger partial charge in [-0.05, 0) is 68.4 Å². The molecule has 4 aliphatic carbocycles. The average Bonchev–Trinajstić information content (AvgIpc) is 2.61. The molecule has 5 nitrogen and oxygen atoms in total. The second-order valence-corrected chi connectivity index (χ2v) is 9.12. The minimum absolute atomic E-state index is 0.0369. The van der Waals surface area contributed by atoms with Gasteiger partial charge in [-0.1, -0.05) is 29.3 Å². The van der Waals surface area contributed by atoms with Crippen molar-refractivity contribution in [2.45, 2.75) is 38.5 Å². The fourth-order valence-electron chi connectivity index (χ4n) is 5.58. The van der Waals surface area contributed by atoms with Gasteiger partial charge in [-0.15, -0.1) is 0 Å². The zero-order valence-corrected chi connectivity index (χ0v) is 16.5. The van der Waals surface area contributed by atoms with Crippen LogP contribution in [0.25, 0.3) is 0 Å². The maximum atomic E-state index is 12.8. The van der Waals surface area contributed by atoms with Gasteiger partial charge < -0.3 is 5.32 Å². The third kappa shape index (κ3) is 3.85. The molecule has 144 valence electrons. The number of benzene rings is 1. The van der Waals surface area contributed by atoms with Gasteiger partial charge in [0.2, 0.25) is 5.91 Å². The maximum Gasteiger partial charge on any atom is 0.259 e. The van der Waals surface area contributed by atoms with E-state index in [0.717, 1.165) is 19.3 Å². The van der Waals surface area contributed by atoms with E-state index in [4.69, 9.17) is 23.2 Å². The van der Waals surface area contributed by atoms with Crippen molar-refractivity contribution < 1.29 is 9.59 Å². The molecule has 4 aliphatic rings. The van der Waals surface area contributed by atoms with Crippen LogP contribution in [0.1, 0.15) is 44.1 Å². The molecule has 1 aromatic rings. The van der Waals surface area contributed by atoms with Crippen molar-refractivity contribution in [3.63, 3.8) is 0 Å². The lowest BCUT2D eigenvalue weighted by atomic mass is 9.49. The largest absolute Gasteiger partial charge is 0.346 e. The first-order chi connectivity index (χ1) is 12.9. The topological polar surface area (TPSA) is 70.6 Å². The van der Waals surface area contributed by atoms with E-state index in [1.54, 1.807) is 18.2 Å². The third-order valence-corrected chi connectivity index (χ3v) is 6.97. The molecule has 0 saturated heterocycles. The van der Waals surface area contributed by atoms with Gasteiger partial charge >= 0.3 is 0 Å². The van der Waals surface area contributed by atoms with E-state index < -0.39 is 0 Å². The van der Waals surface area contributed by atoms with Crippen LogP contribution in [-0.2, 0) is 9.59 Å². The average molecular weight is 408 g/mol. The Morgan fingerprint density at radius 1 is 1.07 bits per heavy atom. The lowest BCUT2D eigenvalue weighted by Gasteiger charge is -2.55. The number of rotatable bonds is 5. The molecule has 27 heavy (non-hydrogen) atoms. The SMILES string of the molecule is O=C(CNC(=O)C12CC3CC(CC(C3)C1)C2)N/N=C/c1c(Cl)cccc1Cl. The van der Waals surface area contributed by atoms with Gasteiger partial charge in [0.25, 0.3) is 5.91 Å². The molecule has 1 aromatic carbocycles. The Bertz CT molecular complexity index is 738. The van der Waals surface area contributed by atoms with Crippen LogP contribution in [0.15, 0.2) is 23.3 Å². The van der Waals surface area contributed by atoms with Crippen LogP contribution in [0.3, 0.4) is 0 Å². The molecule has 4 saturated carbocycles. The Labute approximate surface area is 168 Å². The highest BCUT2D eigenvalue weighted by atomic mass is 35.5. The van der Waals surface area contributed by atoms with Gasteiger partial charge in [0.15, 0.2) is 0 Å². The molecule has 5 rings (SSSR count). The molecule has 0 heterocycles. The zero-order chi connectivity index (χ0) is 19.0. The Hall–Kier alpha value is -1.59. The number of halogens is 2. The van der Waals surface area contributed by atoms with Gasteiger partial charge in [0.1, 0.15) is 0 Å². The highest BCUT2D eigenvalue weighted by Gasteiger charge is 2.54. The van der Waals surface area contributed by atoms with Crippen molar-refractivity contribution in [3.05, 3.63) is 33.8 Å². The fraction of sp³-hybridized carbons (Fsp3) is 0.550. The van der Waals surface area contributed by atoms with Crippen LogP contribution < -0.4 is 10.7 Å². The molecule has 4 fully saturated rings. The van der Waals surface area contributed by atoms with Gasteiger partial charge in [-0.2, -0.15) is 5.10 Å². The number of nitrogens with zero attached hydrogens (tertiary/aromatic N) is 1. The molecule has 0 unspecified atom stereocenters. The van der Waals surface area contributed by atoms with Crippen LogP contribution in [0.5, 0.6) is 0 Å². The summed E-state index contributed by atoms with van der Waals surface area (Å²) in [5, 5.41) is 7.63. The van der Waals surface area contributed by atoms with E-state index in [-0.39, 0.29) is 23.8 Å². The minimum atomic E-state index is -0.368. The number of hydrogen-bond donors (Lipinski definition) is 2. The van der Waals surface area contributed by atoms with Crippen LogP contribution in [0.4, 0.5) is 0 Å². The summed E-state index contributed by atoms with van der Waals surface area (Å²) < 4.78 is 0. The smallest absolute Gasteiger partial charge is 0.259 e. The number of hydrazone groups is 1. The van der Waals surface area contributed by atoms with Gasteiger partial charge in [-0.25, -0.2) is 5.43 Å². The van der Waals surface area contributed by atoms with Crippen molar-refractivity contribution in [1.29, 1.82) is 0 Å². The lowest BCUT2D eigenvalue weighted by Crippen LogP contribution is -2.54. The van der Waals surface area contributed by atoms with E-state index in [9.17, 15) is 9.59 Å². The van der Waals surface area contributed by atoms with Crippen LogP contribution in [-0.4, -0.2) is 24.6 Å². The lowest BCUT2D eigenvalue weighted by molar-refractivity contribution is -0.147. The minimum Gasteiger partial charge on any atom is -0.346 e. The summed E-state index contributed by atoms with van der Waals surface area (Å²) in [6, 6.07) is 5.13. The Balaban J connectivity index is 1.29. The summed E-state index contributed by atoms with van der Waals surface area (Å²) in [5.74, 6) is 1.75. The highest BCUT2D eigenvalue weighted by molar-refractivity contribution is 6.38. The second kappa shape index (κ2) is 7.44. The van der Waals surface area contributed by atoms with Crippen molar-refractivity contribution in [2.24, 2.45) is 28.3 Å². The molecule has 4 bridgehead atoms. The molecule has 0 atom stereocenters. The predicted octanol–water partition coefficient (Wildman–Crippen LogP) is 3.78. The number of carbonyl (C=O) groups excluding carboxylic acids is 2. The molecule has 0 aliphatic heterocycles. The molecule has 7 heteroatoms. The van der Waals surface area contributed by atoms with E-state index in [1.807, 2.05) is 0 Å². The molecular weight excluding hydrogens is 385 g/mol. The molecule has 0 radical (unpaired) electrons. The van der Waals surface area contributed by atoms with Crippen LogP contribution in [0.2, 0.25) is 10.0 Å². The summed E-state index contributed by atoms with van der Waals surface area (Å²) in [6.45, 7) is -0.0752. The van der Waals surface area contributed by atoms with Crippen molar-refractivity contribution in [3.8, 4) is 0 Å². The number of amides is 2. The molecule has 0 aromatic heterocycles. The van der Waals surface area contributed by atoms with Crippen molar-refractivity contribution >= 4 is 41.2 Å². The normalized spacial score (nSPS) is 31.3. The third-order valence-electron chi connectivity index (χ3n) is 6.31. The first-order valence-electron chi connectivity index (χ1n) is 9.49. The second-order valence-electron chi connectivity index (χ2n) is 8.31. The van der Waals surface area contributed by atoms with Gasteiger partial charge in [-0.3, -0.25) is 9.59 Å². The number of nitrogens with one attached hydrogen (secondary N) is 2. The maximum absolute atomic E-state index is 12.8. The fourth-order valence-corrected chi connectivity index (χ4v) is 6.07. The zero-order valence-electron chi connectivity index (χ0n) is 15.0. The molecular formula is C20H23Cl2N3O2. The molecule has 0 spiro atoms. The molecule has 2 N–H and O–H groups in total. The summed E-state index contributed by atoms with van der Waals surface area (Å²) in [7, 11) is 0. The number of carbonyl (C=O) groups is 2. The van der Waals surface area contributed by atoms with E-state index in [0.29, 0.717) is 33.4 Å². The van der Waals surface area contributed by atoms with Gasteiger partial charge in [0, 0.05) is 11.0 Å². The summed E-state index contributed by atoms with van der Waals surface area (Å²) in [5.41, 5.74) is 2.71.